The molecule has 0 spiro atoms. The van der Waals surface area contributed by atoms with Crippen LogP contribution in [0.5, 0.6) is 0 Å². The van der Waals surface area contributed by atoms with Crippen LogP contribution >= 0.6 is 0 Å². The van der Waals surface area contributed by atoms with E-state index in [2.05, 4.69) is 0 Å². The zero-order valence-corrected chi connectivity index (χ0v) is 8.77. The summed E-state index contributed by atoms with van der Waals surface area (Å²) in [5.41, 5.74) is 0. The quantitative estimate of drug-likeness (QED) is 0.833. The second-order valence-electron chi connectivity index (χ2n) is 3.98. The molecule has 0 bridgehead atoms. The minimum Gasteiger partial charge on any atom is -0.449 e. The number of rotatable bonds is 3. The van der Waals surface area contributed by atoms with Gasteiger partial charge in [-0.25, -0.2) is 4.39 Å². The molecule has 1 saturated heterocycles. The molecule has 0 aromatic carbocycles. The van der Waals surface area contributed by atoms with Crippen LogP contribution in [0.2, 0.25) is 0 Å². The molecule has 2 rings (SSSR count). The van der Waals surface area contributed by atoms with Crippen LogP contribution in [0, 0.1) is 11.3 Å². The van der Waals surface area contributed by atoms with Crippen molar-refractivity contribution in [1.29, 1.82) is 5.26 Å². The van der Waals surface area contributed by atoms with Crippen molar-refractivity contribution in [2.24, 2.45) is 0 Å². The standard InChI is InChI=1S/C11H13FN2O2/c12-8-3-9(7-15)14(5-8)6-11-2-1-10(4-13)16-11/h1-2,8-9,15H,3,5-7H2/t8-,9-/m0/s1. The Morgan fingerprint density at radius 3 is 3.06 bits per heavy atom. The Kier molecular flexibility index (Phi) is 3.22. The average Bonchev–Trinajstić information content (AvgIpc) is 2.85. The Morgan fingerprint density at radius 1 is 1.62 bits per heavy atom. The fourth-order valence-corrected chi connectivity index (χ4v) is 2.03. The molecule has 1 N–H and O–H groups in total. The molecule has 1 aliphatic rings. The molecule has 1 aromatic heterocycles. The maximum Gasteiger partial charge on any atom is 0.203 e. The number of likely N-dealkylation sites (tertiary alicyclic amines) is 1. The number of nitriles is 1. The van der Waals surface area contributed by atoms with Crippen molar-refractivity contribution in [2.75, 3.05) is 13.2 Å². The third-order valence-electron chi connectivity index (χ3n) is 2.82. The van der Waals surface area contributed by atoms with Gasteiger partial charge < -0.3 is 9.52 Å². The number of alkyl halides is 1. The second kappa shape index (κ2) is 4.64. The van der Waals surface area contributed by atoms with Crippen molar-refractivity contribution in [1.82, 2.24) is 4.90 Å². The zero-order chi connectivity index (χ0) is 11.5. The molecule has 16 heavy (non-hydrogen) atoms. The van der Waals surface area contributed by atoms with Crippen molar-refractivity contribution in [3.63, 3.8) is 0 Å². The van der Waals surface area contributed by atoms with Crippen molar-refractivity contribution < 1.29 is 13.9 Å². The van der Waals surface area contributed by atoms with Crippen LogP contribution < -0.4 is 0 Å². The van der Waals surface area contributed by atoms with Crippen molar-refractivity contribution in [3.05, 3.63) is 23.7 Å². The van der Waals surface area contributed by atoms with Crippen LogP contribution in [-0.2, 0) is 6.54 Å². The molecule has 1 fully saturated rings. The highest BCUT2D eigenvalue weighted by atomic mass is 19.1. The number of hydrogen-bond acceptors (Lipinski definition) is 4. The summed E-state index contributed by atoms with van der Waals surface area (Å²) in [4.78, 5) is 1.84. The number of furan rings is 1. The molecule has 0 saturated carbocycles. The van der Waals surface area contributed by atoms with Crippen LogP contribution in [-0.4, -0.2) is 35.4 Å². The SMILES string of the molecule is N#Cc1ccc(CN2C[C@@H](F)C[C@H]2CO)o1. The van der Waals surface area contributed by atoms with E-state index in [1.54, 1.807) is 12.1 Å². The second-order valence-corrected chi connectivity index (χ2v) is 3.98. The number of aliphatic hydroxyl groups excluding tert-OH is 1. The van der Waals surface area contributed by atoms with Gasteiger partial charge in [-0.15, -0.1) is 0 Å². The Morgan fingerprint density at radius 2 is 2.44 bits per heavy atom. The first-order chi connectivity index (χ1) is 7.72. The molecule has 86 valence electrons. The van der Waals surface area contributed by atoms with Gasteiger partial charge in [0.2, 0.25) is 5.76 Å². The molecule has 0 aliphatic carbocycles. The van der Waals surface area contributed by atoms with Gasteiger partial charge in [0.1, 0.15) is 18.0 Å². The molecule has 0 amide bonds. The van der Waals surface area contributed by atoms with Gasteiger partial charge in [0.25, 0.3) is 0 Å². The summed E-state index contributed by atoms with van der Waals surface area (Å²) in [6.07, 6.45) is -0.523. The highest BCUT2D eigenvalue weighted by Gasteiger charge is 2.31. The predicted octanol–water partition coefficient (Wildman–Crippen LogP) is 1.06. The summed E-state index contributed by atoms with van der Waals surface area (Å²) in [5, 5.41) is 17.7. The minimum atomic E-state index is -0.887. The van der Waals surface area contributed by atoms with E-state index in [0.29, 0.717) is 25.3 Å². The van der Waals surface area contributed by atoms with Gasteiger partial charge in [0.15, 0.2) is 0 Å². The molecule has 0 radical (unpaired) electrons. The smallest absolute Gasteiger partial charge is 0.203 e. The highest BCUT2D eigenvalue weighted by Crippen LogP contribution is 2.22. The van der Waals surface area contributed by atoms with Crippen molar-refractivity contribution in [3.8, 4) is 6.07 Å². The van der Waals surface area contributed by atoms with Gasteiger partial charge in [-0.05, 0) is 18.6 Å². The topological polar surface area (TPSA) is 60.4 Å². The van der Waals surface area contributed by atoms with Gasteiger partial charge in [-0.1, -0.05) is 0 Å². The number of hydrogen-bond donors (Lipinski definition) is 1. The molecule has 2 heterocycles. The lowest BCUT2D eigenvalue weighted by Crippen LogP contribution is -2.31. The van der Waals surface area contributed by atoms with Crippen LogP contribution in [0.25, 0.3) is 0 Å². The van der Waals surface area contributed by atoms with E-state index in [9.17, 15) is 4.39 Å². The fourth-order valence-electron chi connectivity index (χ4n) is 2.03. The summed E-state index contributed by atoms with van der Waals surface area (Å²) < 4.78 is 18.4. The lowest BCUT2D eigenvalue weighted by Gasteiger charge is -2.20. The number of aliphatic hydroxyl groups is 1. The van der Waals surface area contributed by atoms with Crippen molar-refractivity contribution in [2.45, 2.75) is 25.2 Å². The van der Waals surface area contributed by atoms with E-state index in [0.717, 1.165) is 0 Å². The van der Waals surface area contributed by atoms with Gasteiger partial charge in [0.05, 0.1) is 13.2 Å². The van der Waals surface area contributed by atoms with Gasteiger partial charge >= 0.3 is 0 Å². The highest BCUT2D eigenvalue weighted by molar-refractivity contribution is 5.19. The van der Waals surface area contributed by atoms with Crippen LogP contribution in [0.3, 0.4) is 0 Å². The first-order valence-corrected chi connectivity index (χ1v) is 5.20. The first-order valence-electron chi connectivity index (χ1n) is 5.20. The molecule has 2 atom stereocenters. The van der Waals surface area contributed by atoms with E-state index in [1.807, 2.05) is 11.0 Å². The Balaban J connectivity index is 2.01. The van der Waals surface area contributed by atoms with E-state index >= 15 is 0 Å². The van der Waals surface area contributed by atoms with Gasteiger partial charge in [0, 0.05) is 12.6 Å². The molecular formula is C11H13FN2O2. The van der Waals surface area contributed by atoms with Gasteiger partial charge in [-0.3, -0.25) is 4.90 Å². The molecule has 1 aliphatic heterocycles. The molecule has 0 unspecified atom stereocenters. The predicted molar refractivity (Wildman–Crippen MR) is 54.2 cm³/mol. The van der Waals surface area contributed by atoms with E-state index in [1.165, 1.54) is 0 Å². The first kappa shape index (κ1) is 11.1. The van der Waals surface area contributed by atoms with Crippen LogP contribution in [0.4, 0.5) is 4.39 Å². The van der Waals surface area contributed by atoms with E-state index < -0.39 is 6.17 Å². The Bertz CT molecular complexity index is 399. The summed E-state index contributed by atoms with van der Waals surface area (Å²) in [6.45, 7) is 0.702. The Labute approximate surface area is 92.9 Å². The molecule has 5 heteroatoms. The summed E-state index contributed by atoms with van der Waals surface area (Å²) >= 11 is 0. The lowest BCUT2D eigenvalue weighted by molar-refractivity contribution is 0.145. The summed E-state index contributed by atoms with van der Waals surface area (Å²) in [5.74, 6) is 0.885. The third kappa shape index (κ3) is 2.23. The normalized spacial score (nSPS) is 25.8. The molecule has 4 nitrogen and oxygen atoms in total. The maximum atomic E-state index is 13.1. The van der Waals surface area contributed by atoms with E-state index in [4.69, 9.17) is 14.8 Å². The lowest BCUT2D eigenvalue weighted by atomic mass is 10.2. The van der Waals surface area contributed by atoms with Crippen LogP contribution in [0.1, 0.15) is 17.9 Å². The number of halogens is 1. The Hall–Kier alpha value is -1.38. The third-order valence-corrected chi connectivity index (χ3v) is 2.82. The monoisotopic (exact) mass is 224 g/mol. The van der Waals surface area contributed by atoms with Crippen molar-refractivity contribution >= 4 is 0 Å². The fraction of sp³-hybridized carbons (Fsp3) is 0.545. The zero-order valence-electron chi connectivity index (χ0n) is 8.77. The maximum absolute atomic E-state index is 13.1. The summed E-state index contributed by atoms with van der Waals surface area (Å²) in [6, 6.07) is 5.05. The molecule has 1 aromatic rings. The number of nitrogens with zero attached hydrogens (tertiary/aromatic N) is 2. The minimum absolute atomic E-state index is 0.0494. The van der Waals surface area contributed by atoms with Crippen LogP contribution in [0.15, 0.2) is 16.5 Å². The summed E-state index contributed by atoms with van der Waals surface area (Å²) in [7, 11) is 0. The average molecular weight is 224 g/mol. The molecular weight excluding hydrogens is 211 g/mol. The largest absolute Gasteiger partial charge is 0.449 e. The van der Waals surface area contributed by atoms with Gasteiger partial charge in [-0.2, -0.15) is 5.26 Å². The van der Waals surface area contributed by atoms with E-state index in [-0.39, 0.29) is 18.4 Å².